The van der Waals surface area contributed by atoms with Crippen molar-refractivity contribution < 1.29 is 0 Å². The number of pyridine rings is 1. The molecule has 0 amide bonds. The Bertz CT molecular complexity index is 869. The van der Waals surface area contributed by atoms with Crippen LogP contribution in [0.15, 0.2) is 59.6 Å². The second-order valence-electron chi connectivity index (χ2n) is 6.39. The first-order valence-electron chi connectivity index (χ1n) is 8.85. The molecule has 0 fully saturated rings. The number of para-hydroxylation sites is 1. The molecular formula is C22H25N3. The molecule has 0 aliphatic rings. The van der Waals surface area contributed by atoms with Crippen molar-refractivity contribution in [2.75, 3.05) is 13.6 Å². The minimum absolute atomic E-state index is 0.938. The molecule has 3 aromatic rings. The monoisotopic (exact) mass is 331 g/mol. The molecule has 128 valence electrons. The predicted molar refractivity (Wildman–Crippen MR) is 107 cm³/mol. The first-order chi connectivity index (χ1) is 12.2. The second kappa shape index (κ2) is 7.93. The van der Waals surface area contributed by atoms with Gasteiger partial charge in [0.25, 0.3) is 0 Å². The molecule has 3 nitrogen and oxygen atoms in total. The van der Waals surface area contributed by atoms with Crippen molar-refractivity contribution in [3.05, 3.63) is 71.4 Å². The van der Waals surface area contributed by atoms with E-state index in [2.05, 4.69) is 71.4 Å². The van der Waals surface area contributed by atoms with Crippen LogP contribution in [0.5, 0.6) is 0 Å². The van der Waals surface area contributed by atoms with Gasteiger partial charge in [-0.3, -0.25) is 4.98 Å². The molecule has 1 heterocycles. The highest BCUT2D eigenvalue weighted by Crippen LogP contribution is 2.25. The van der Waals surface area contributed by atoms with Gasteiger partial charge >= 0.3 is 0 Å². The Kier molecular flexibility index (Phi) is 5.44. The highest BCUT2D eigenvalue weighted by atomic mass is 15.1. The first-order valence-corrected chi connectivity index (χ1v) is 8.85. The molecular weight excluding hydrogens is 306 g/mol. The SMILES string of the molecule is CCN(C)C=Nc1cc2cccc(CCc3ccccc3)c2nc1C. The molecule has 3 rings (SSSR count). The molecule has 0 aliphatic heterocycles. The average Bonchev–Trinajstić information content (AvgIpc) is 2.65. The summed E-state index contributed by atoms with van der Waals surface area (Å²) in [5, 5.41) is 1.16. The van der Waals surface area contributed by atoms with Gasteiger partial charge in [0.2, 0.25) is 0 Å². The van der Waals surface area contributed by atoms with Gasteiger partial charge in [-0.1, -0.05) is 48.5 Å². The van der Waals surface area contributed by atoms with E-state index in [1.165, 1.54) is 11.1 Å². The van der Waals surface area contributed by atoms with Crippen LogP contribution in [0.3, 0.4) is 0 Å². The van der Waals surface area contributed by atoms with Gasteiger partial charge in [0.15, 0.2) is 0 Å². The van der Waals surface area contributed by atoms with Crippen LogP contribution < -0.4 is 0 Å². The third-order valence-corrected chi connectivity index (χ3v) is 4.51. The summed E-state index contributed by atoms with van der Waals surface area (Å²) in [6.07, 6.45) is 3.89. The maximum absolute atomic E-state index is 4.86. The van der Waals surface area contributed by atoms with Crippen LogP contribution in [-0.4, -0.2) is 29.8 Å². The zero-order valence-electron chi connectivity index (χ0n) is 15.2. The van der Waals surface area contributed by atoms with Gasteiger partial charge in [-0.2, -0.15) is 0 Å². The molecule has 3 heteroatoms. The summed E-state index contributed by atoms with van der Waals surface area (Å²) >= 11 is 0. The van der Waals surface area contributed by atoms with Crippen molar-refractivity contribution in [1.29, 1.82) is 0 Å². The number of rotatable bonds is 6. The smallest absolute Gasteiger partial charge is 0.0910 e. The maximum Gasteiger partial charge on any atom is 0.0910 e. The Morgan fingerprint density at radius 3 is 2.60 bits per heavy atom. The lowest BCUT2D eigenvalue weighted by Gasteiger charge is -2.11. The highest BCUT2D eigenvalue weighted by molar-refractivity contribution is 5.85. The van der Waals surface area contributed by atoms with Crippen LogP contribution in [0, 0.1) is 6.92 Å². The normalized spacial score (nSPS) is 11.3. The van der Waals surface area contributed by atoms with Crippen molar-refractivity contribution >= 4 is 22.9 Å². The summed E-state index contributed by atoms with van der Waals surface area (Å²) in [5.74, 6) is 0. The van der Waals surface area contributed by atoms with E-state index in [0.717, 1.165) is 41.7 Å². The molecule has 25 heavy (non-hydrogen) atoms. The van der Waals surface area contributed by atoms with E-state index in [-0.39, 0.29) is 0 Å². The molecule has 0 saturated carbocycles. The number of fused-ring (bicyclic) bond motifs is 1. The maximum atomic E-state index is 4.86. The fraction of sp³-hybridized carbons (Fsp3) is 0.273. The van der Waals surface area contributed by atoms with E-state index in [1.807, 2.05) is 20.3 Å². The summed E-state index contributed by atoms with van der Waals surface area (Å²) in [6, 6.07) is 19.2. The van der Waals surface area contributed by atoms with Crippen molar-refractivity contribution in [2.24, 2.45) is 4.99 Å². The average molecular weight is 331 g/mol. The summed E-state index contributed by atoms with van der Waals surface area (Å²) in [6.45, 7) is 5.08. The third kappa shape index (κ3) is 4.24. The van der Waals surface area contributed by atoms with E-state index in [1.54, 1.807) is 0 Å². The van der Waals surface area contributed by atoms with Crippen molar-refractivity contribution in [1.82, 2.24) is 9.88 Å². The van der Waals surface area contributed by atoms with Crippen LogP contribution in [0.2, 0.25) is 0 Å². The Morgan fingerprint density at radius 2 is 1.84 bits per heavy atom. The van der Waals surface area contributed by atoms with Gasteiger partial charge in [0, 0.05) is 19.0 Å². The van der Waals surface area contributed by atoms with E-state index in [4.69, 9.17) is 4.98 Å². The van der Waals surface area contributed by atoms with Crippen LogP contribution in [0.1, 0.15) is 23.7 Å². The number of hydrogen-bond acceptors (Lipinski definition) is 2. The van der Waals surface area contributed by atoms with E-state index in [0.29, 0.717) is 0 Å². The zero-order valence-corrected chi connectivity index (χ0v) is 15.2. The molecule has 1 aromatic heterocycles. The third-order valence-electron chi connectivity index (χ3n) is 4.51. The molecule has 0 aliphatic carbocycles. The number of aliphatic imine (C=N–C) groups is 1. The van der Waals surface area contributed by atoms with Crippen molar-refractivity contribution in [2.45, 2.75) is 26.7 Å². The van der Waals surface area contributed by atoms with Gasteiger partial charge in [0.1, 0.15) is 0 Å². The zero-order chi connectivity index (χ0) is 17.6. The summed E-state index contributed by atoms with van der Waals surface area (Å²) in [4.78, 5) is 11.5. The van der Waals surface area contributed by atoms with E-state index < -0.39 is 0 Å². The van der Waals surface area contributed by atoms with Crippen LogP contribution >= 0.6 is 0 Å². The Balaban J connectivity index is 1.88. The number of nitrogens with zero attached hydrogens (tertiary/aromatic N) is 3. The number of benzene rings is 2. The lowest BCUT2D eigenvalue weighted by atomic mass is 10.0. The van der Waals surface area contributed by atoms with Gasteiger partial charge in [-0.25, -0.2) is 4.99 Å². The molecule has 0 atom stereocenters. The van der Waals surface area contributed by atoms with E-state index in [9.17, 15) is 0 Å². The molecule has 0 radical (unpaired) electrons. The largest absolute Gasteiger partial charge is 0.366 e. The van der Waals surface area contributed by atoms with Gasteiger partial charge in [0.05, 0.1) is 23.2 Å². The summed E-state index contributed by atoms with van der Waals surface area (Å²) in [5.41, 5.74) is 5.66. The predicted octanol–water partition coefficient (Wildman–Crippen LogP) is 4.94. The summed E-state index contributed by atoms with van der Waals surface area (Å²) < 4.78 is 0. The Labute approximate surface area is 150 Å². The highest BCUT2D eigenvalue weighted by Gasteiger charge is 2.07. The lowest BCUT2D eigenvalue weighted by molar-refractivity contribution is 0.552. The fourth-order valence-electron chi connectivity index (χ4n) is 2.84. The standard InChI is InChI=1S/C22H25N3/c1-4-25(3)16-23-21-15-20-12-8-11-19(22(20)24-17(21)2)14-13-18-9-6-5-7-10-18/h5-12,15-16H,4,13-14H2,1-3H3. The molecule has 0 N–H and O–H groups in total. The minimum Gasteiger partial charge on any atom is -0.366 e. The van der Waals surface area contributed by atoms with E-state index >= 15 is 0 Å². The molecule has 0 saturated heterocycles. The Hall–Kier alpha value is -2.68. The Morgan fingerprint density at radius 1 is 1.04 bits per heavy atom. The first kappa shape index (κ1) is 17.2. The number of hydrogen-bond donors (Lipinski definition) is 0. The number of aryl methyl sites for hydroxylation is 3. The van der Waals surface area contributed by atoms with Crippen molar-refractivity contribution in [3.63, 3.8) is 0 Å². The second-order valence-corrected chi connectivity index (χ2v) is 6.39. The molecule has 0 unspecified atom stereocenters. The van der Waals surface area contributed by atoms with Crippen molar-refractivity contribution in [3.8, 4) is 0 Å². The molecule has 0 bridgehead atoms. The van der Waals surface area contributed by atoms with Crippen LogP contribution in [0.4, 0.5) is 5.69 Å². The van der Waals surface area contributed by atoms with Crippen LogP contribution in [-0.2, 0) is 12.8 Å². The quantitative estimate of drug-likeness (QED) is 0.473. The lowest BCUT2D eigenvalue weighted by Crippen LogP contribution is -2.14. The summed E-state index contributed by atoms with van der Waals surface area (Å²) in [7, 11) is 2.02. The van der Waals surface area contributed by atoms with Gasteiger partial charge in [-0.05, 0) is 43.9 Å². The van der Waals surface area contributed by atoms with Gasteiger partial charge in [-0.15, -0.1) is 0 Å². The molecule has 0 spiro atoms. The van der Waals surface area contributed by atoms with Gasteiger partial charge < -0.3 is 4.90 Å². The minimum atomic E-state index is 0.938. The fourth-order valence-corrected chi connectivity index (χ4v) is 2.84. The number of aromatic nitrogens is 1. The molecule has 2 aromatic carbocycles. The van der Waals surface area contributed by atoms with Crippen LogP contribution in [0.25, 0.3) is 10.9 Å². The topological polar surface area (TPSA) is 28.5 Å².